The summed E-state index contributed by atoms with van der Waals surface area (Å²) in [7, 11) is 0. The van der Waals surface area contributed by atoms with Crippen LogP contribution in [0, 0.1) is 11.3 Å². The molecule has 0 rings (SSSR count). The molecule has 0 aromatic rings. The van der Waals surface area contributed by atoms with E-state index in [9.17, 15) is 0 Å². The van der Waals surface area contributed by atoms with Crippen LogP contribution in [0.5, 0.6) is 0 Å². The van der Waals surface area contributed by atoms with Crippen LogP contribution in [-0.4, -0.2) is 13.2 Å². The van der Waals surface area contributed by atoms with Gasteiger partial charge in [0.2, 0.25) is 0 Å². The van der Waals surface area contributed by atoms with Gasteiger partial charge in [0.25, 0.3) is 0 Å². The number of hydrogen-bond acceptors (Lipinski definition) is 1. The quantitative estimate of drug-likeness (QED) is 0.410. The van der Waals surface area contributed by atoms with Crippen LogP contribution >= 0.6 is 0 Å². The molecule has 0 aliphatic carbocycles. The average Bonchev–Trinajstić information content (AvgIpc) is 1.93. The summed E-state index contributed by atoms with van der Waals surface area (Å²) in [6, 6.07) is 0. The van der Waals surface area contributed by atoms with Gasteiger partial charge in [0.15, 0.2) is 0 Å². The molecule has 0 atom stereocenters. The van der Waals surface area contributed by atoms with Crippen LogP contribution in [0.4, 0.5) is 0 Å². The number of ether oxygens (including phenoxy) is 1. The first-order valence-electron chi connectivity index (χ1n) is 4.96. The van der Waals surface area contributed by atoms with Gasteiger partial charge >= 0.3 is 0 Å². The smallest absolute Gasteiger partial charge is 0.0465 e. The third-order valence-corrected chi connectivity index (χ3v) is 1.44. The molecule has 0 aromatic heterocycles. The summed E-state index contributed by atoms with van der Waals surface area (Å²) in [6.45, 7) is 12.4. The predicted molar refractivity (Wildman–Crippen MR) is 58.6 cm³/mol. The summed E-state index contributed by atoms with van der Waals surface area (Å²) >= 11 is 0. The predicted octanol–water partition coefficient (Wildman–Crippen LogP) is 3.61. The first-order valence-corrected chi connectivity index (χ1v) is 4.96. The Bertz CT molecular complexity index is 145. The fourth-order valence-corrected chi connectivity index (χ4v) is 0.865. The van der Waals surface area contributed by atoms with Gasteiger partial charge in [-0.1, -0.05) is 39.5 Å². The van der Waals surface area contributed by atoms with E-state index in [2.05, 4.69) is 46.8 Å². The maximum atomic E-state index is 5.42. The van der Waals surface area contributed by atoms with E-state index in [1.807, 2.05) is 0 Å². The van der Waals surface area contributed by atoms with Gasteiger partial charge in [-0.2, -0.15) is 13.8 Å². The number of hydrogen-bond donors (Lipinski definition) is 0. The summed E-state index contributed by atoms with van der Waals surface area (Å²) in [5.74, 6) is 1.33. The molecule has 0 radical (unpaired) electrons. The van der Waals surface area contributed by atoms with E-state index in [1.165, 1.54) is 5.92 Å². The van der Waals surface area contributed by atoms with Crippen molar-refractivity contribution in [3.63, 3.8) is 0 Å². The van der Waals surface area contributed by atoms with E-state index < -0.39 is 0 Å². The van der Waals surface area contributed by atoms with Crippen molar-refractivity contribution >= 4 is 0 Å². The Morgan fingerprint density at radius 1 is 1.21 bits per heavy atom. The molecule has 0 saturated heterocycles. The summed E-state index contributed by atoms with van der Waals surface area (Å²) < 4.78 is 5.42. The Hall–Kier alpha value is 0.388. The standard InChI is InChI=1S/C12H23O.W/c1-11(2)10-13-9-7-6-8-12(3,4)5;/h6,8H,7,9-10H2,1-5H3;/q-1;/b8-6-;. The molecule has 14 heavy (non-hydrogen) atoms. The van der Waals surface area contributed by atoms with Crippen molar-refractivity contribution in [2.24, 2.45) is 5.41 Å². The molecule has 1 nitrogen and oxygen atoms in total. The van der Waals surface area contributed by atoms with Gasteiger partial charge in [0.1, 0.15) is 0 Å². The Balaban J connectivity index is 0. The second-order valence-electron chi connectivity index (χ2n) is 4.82. The molecule has 0 bridgehead atoms. The molecule has 0 aromatic carbocycles. The number of rotatable bonds is 5. The molecule has 0 heterocycles. The molecule has 0 amide bonds. The third kappa shape index (κ3) is 14.9. The van der Waals surface area contributed by atoms with E-state index >= 15 is 0 Å². The average molecular weight is 367 g/mol. The molecule has 0 unspecified atom stereocenters. The van der Waals surface area contributed by atoms with Crippen molar-refractivity contribution in [1.82, 2.24) is 0 Å². The van der Waals surface area contributed by atoms with E-state index in [0.29, 0.717) is 5.41 Å². The van der Waals surface area contributed by atoms with Crippen molar-refractivity contribution in [3.05, 3.63) is 18.1 Å². The molecule has 0 N–H and O–H groups in total. The maximum Gasteiger partial charge on any atom is 0.0465 e. The molecule has 0 fully saturated rings. The van der Waals surface area contributed by atoms with Gasteiger partial charge in [-0.15, -0.1) is 0 Å². The van der Waals surface area contributed by atoms with Gasteiger partial charge in [-0.05, 0) is 11.8 Å². The Morgan fingerprint density at radius 2 is 1.79 bits per heavy atom. The van der Waals surface area contributed by atoms with Gasteiger partial charge < -0.3 is 4.74 Å². The number of allylic oxidation sites excluding steroid dienone is 1. The molecule has 0 aliphatic heterocycles. The molecular weight excluding hydrogens is 344 g/mol. The van der Waals surface area contributed by atoms with Crippen LogP contribution in [0.25, 0.3) is 0 Å². The fraction of sp³-hybridized carbons (Fsp3) is 0.750. The summed E-state index contributed by atoms with van der Waals surface area (Å²) in [4.78, 5) is 0. The molecule has 0 spiro atoms. The molecular formula is C12H23OW-. The minimum Gasteiger partial charge on any atom is -0.413 e. The zero-order chi connectivity index (χ0) is 10.3. The normalized spacial score (nSPS) is 12.1. The van der Waals surface area contributed by atoms with Crippen LogP contribution in [0.3, 0.4) is 0 Å². The van der Waals surface area contributed by atoms with Gasteiger partial charge in [0, 0.05) is 27.7 Å². The van der Waals surface area contributed by atoms with Crippen LogP contribution in [0.15, 0.2) is 12.2 Å². The zero-order valence-electron chi connectivity index (χ0n) is 10.1. The van der Waals surface area contributed by atoms with E-state index in [0.717, 1.165) is 19.6 Å². The van der Waals surface area contributed by atoms with E-state index in [-0.39, 0.29) is 21.1 Å². The van der Waals surface area contributed by atoms with Crippen LogP contribution < -0.4 is 0 Å². The minimum absolute atomic E-state index is 0. The van der Waals surface area contributed by atoms with Crippen molar-refractivity contribution in [2.75, 3.05) is 13.2 Å². The van der Waals surface area contributed by atoms with Gasteiger partial charge in [0.05, 0.1) is 0 Å². The molecule has 2 heteroatoms. The Kier molecular flexibility index (Phi) is 10.4. The largest absolute Gasteiger partial charge is 0.413 e. The minimum atomic E-state index is 0. The topological polar surface area (TPSA) is 9.23 Å². The van der Waals surface area contributed by atoms with E-state index in [1.54, 1.807) is 0 Å². The van der Waals surface area contributed by atoms with Crippen LogP contribution in [0.1, 0.15) is 41.0 Å². The Morgan fingerprint density at radius 3 is 2.21 bits per heavy atom. The summed E-state index contributed by atoms with van der Waals surface area (Å²) in [5.41, 5.74) is 0.298. The molecule has 0 aliphatic rings. The third-order valence-electron chi connectivity index (χ3n) is 1.44. The monoisotopic (exact) mass is 367 g/mol. The van der Waals surface area contributed by atoms with Gasteiger partial charge in [-0.3, -0.25) is 5.92 Å². The Labute approximate surface area is 104 Å². The maximum absolute atomic E-state index is 5.42. The van der Waals surface area contributed by atoms with Gasteiger partial charge in [-0.25, -0.2) is 0 Å². The van der Waals surface area contributed by atoms with Crippen molar-refractivity contribution in [3.8, 4) is 0 Å². The fourth-order valence-electron chi connectivity index (χ4n) is 0.865. The SMILES string of the molecule is C[C-](C)COCC/C=C\C(C)(C)C.[W]. The molecule has 0 saturated carbocycles. The summed E-state index contributed by atoms with van der Waals surface area (Å²) in [6.07, 6.45) is 5.45. The van der Waals surface area contributed by atoms with Crippen LogP contribution in [-0.2, 0) is 25.8 Å². The van der Waals surface area contributed by atoms with Crippen molar-refractivity contribution in [2.45, 2.75) is 41.0 Å². The molecule has 84 valence electrons. The summed E-state index contributed by atoms with van der Waals surface area (Å²) in [5, 5.41) is 0. The van der Waals surface area contributed by atoms with E-state index in [4.69, 9.17) is 4.74 Å². The first-order chi connectivity index (χ1) is 5.92. The second-order valence-corrected chi connectivity index (χ2v) is 4.82. The van der Waals surface area contributed by atoms with Crippen LogP contribution in [0.2, 0.25) is 0 Å². The second kappa shape index (κ2) is 8.68. The van der Waals surface area contributed by atoms with Crippen molar-refractivity contribution < 1.29 is 25.8 Å². The first kappa shape index (κ1) is 16.8. The zero-order valence-corrected chi connectivity index (χ0v) is 13.0. The van der Waals surface area contributed by atoms with Crippen molar-refractivity contribution in [1.29, 1.82) is 0 Å².